The second-order valence-corrected chi connectivity index (χ2v) is 12.2. The lowest BCUT2D eigenvalue weighted by atomic mass is 10.1. The Morgan fingerprint density at radius 3 is 2.73 bits per heavy atom. The number of nitrogens with two attached hydrogens (primary N) is 1. The van der Waals surface area contributed by atoms with Crippen LogP contribution in [0.15, 0.2) is 6.33 Å². The number of anilines is 1. The fourth-order valence-electron chi connectivity index (χ4n) is 3.84. The first-order chi connectivity index (χ1) is 17.2. The number of nitrogens with one attached hydrogen (secondary N) is 1. The molecule has 0 saturated carbocycles. The predicted octanol–water partition coefficient (Wildman–Crippen LogP) is 3.02. The van der Waals surface area contributed by atoms with Crippen molar-refractivity contribution in [3.05, 3.63) is 6.33 Å². The largest absolute Gasteiger partial charge is 0.476 e. The Morgan fingerprint density at radius 1 is 1.41 bits per heavy atom. The summed E-state index contributed by atoms with van der Waals surface area (Å²) >= 11 is 6.80. The number of ether oxygens (including phenoxy) is 3. The first kappa shape index (κ1) is 29.5. The molecule has 208 valence electrons. The molecule has 0 amide bonds. The van der Waals surface area contributed by atoms with Crippen LogP contribution in [0.1, 0.15) is 54.2 Å². The van der Waals surface area contributed by atoms with Crippen molar-refractivity contribution < 1.29 is 33.0 Å². The van der Waals surface area contributed by atoms with E-state index in [-0.39, 0.29) is 42.8 Å². The fraction of sp³-hybridized carbons (Fsp3) is 0.727. The van der Waals surface area contributed by atoms with Gasteiger partial charge in [0, 0.05) is 0 Å². The second-order valence-electron chi connectivity index (χ2n) is 9.82. The van der Waals surface area contributed by atoms with Gasteiger partial charge < -0.3 is 24.8 Å². The van der Waals surface area contributed by atoms with Crippen molar-refractivity contribution in [1.29, 1.82) is 0 Å². The van der Waals surface area contributed by atoms with Crippen LogP contribution in [0.4, 0.5) is 5.95 Å². The number of fused-ring (bicyclic) bond motifs is 1. The van der Waals surface area contributed by atoms with Crippen LogP contribution in [-0.4, -0.2) is 67.2 Å². The average Bonchev–Trinajstić information content (AvgIpc) is 3.34. The summed E-state index contributed by atoms with van der Waals surface area (Å²) in [7, 11) is -4.26. The summed E-state index contributed by atoms with van der Waals surface area (Å²) < 4.78 is 36.6. The minimum absolute atomic E-state index is 0.0120. The molecule has 3 heterocycles. The molecule has 2 aromatic rings. The standard InChI is InChI=1S/C22H36ClN6O7P/c1-7-33-18-16-17(26-21(24)27-18)29(11-25-16)20-22(6,23)8-14(36-20)9-35-37(31,32)28-15(12(2)3)10-34-19(30)13(4)5/h11-15,20H,7-10H2,1-6H3,(H2,24,26,27)(H2,28,31,32). The van der Waals surface area contributed by atoms with E-state index in [9.17, 15) is 14.3 Å². The highest BCUT2D eigenvalue weighted by atomic mass is 35.5. The summed E-state index contributed by atoms with van der Waals surface area (Å²) in [5, 5.41) is 2.58. The quantitative estimate of drug-likeness (QED) is 0.196. The molecule has 15 heteroatoms. The number of hydrogen-bond acceptors (Lipinski definition) is 10. The summed E-state index contributed by atoms with van der Waals surface area (Å²) in [6.07, 6.45) is 0.507. The lowest BCUT2D eigenvalue weighted by Gasteiger charge is -2.25. The van der Waals surface area contributed by atoms with Gasteiger partial charge in [-0.25, -0.2) is 14.6 Å². The molecule has 3 rings (SSSR count). The van der Waals surface area contributed by atoms with Crippen LogP contribution in [0, 0.1) is 11.8 Å². The Hall–Kier alpha value is -2.02. The lowest BCUT2D eigenvalue weighted by molar-refractivity contribution is -0.148. The predicted molar refractivity (Wildman–Crippen MR) is 137 cm³/mol. The Labute approximate surface area is 221 Å². The first-order valence-corrected chi connectivity index (χ1v) is 14.1. The van der Waals surface area contributed by atoms with Crippen LogP contribution in [0.2, 0.25) is 0 Å². The second kappa shape index (κ2) is 11.8. The SMILES string of the molecule is CCOc1nc(N)nc2c1ncn2C1OC(COP(=O)(O)NC(COC(=O)C(C)C)C(C)C)CC1(C)Cl. The van der Waals surface area contributed by atoms with Gasteiger partial charge in [0.05, 0.1) is 42.5 Å². The molecule has 0 aliphatic carbocycles. The summed E-state index contributed by atoms with van der Waals surface area (Å²) in [6.45, 7) is 10.8. The number of halogens is 1. The van der Waals surface area contributed by atoms with Gasteiger partial charge in [-0.15, -0.1) is 11.6 Å². The number of nitrogen functional groups attached to an aromatic ring is 1. The zero-order chi connectivity index (χ0) is 27.5. The average molecular weight is 563 g/mol. The van der Waals surface area contributed by atoms with Crippen molar-refractivity contribution in [1.82, 2.24) is 24.6 Å². The van der Waals surface area contributed by atoms with E-state index in [1.54, 1.807) is 25.3 Å². The number of alkyl halides is 1. The maximum Gasteiger partial charge on any atom is 0.403 e. The van der Waals surface area contributed by atoms with Crippen LogP contribution < -0.4 is 15.6 Å². The molecule has 1 aliphatic heterocycles. The van der Waals surface area contributed by atoms with E-state index in [1.165, 1.54) is 6.33 Å². The van der Waals surface area contributed by atoms with E-state index < -0.39 is 31.0 Å². The number of hydrogen-bond donors (Lipinski definition) is 3. The van der Waals surface area contributed by atoms with Crippen molar-refractivity contribution in [2.24, 2.45) is 11.8 Å². The van der Waals surface area contributed by atoms with Gasteiger partial charge >= 0.3 is 13.7 Å². The van der Waals surface area contributed by atoms with Crippen molar-refractivity contribution in [3.8, 4) is 5.88 Å². The molecule has 1 fully saturated rings. The van der Waals surface area contributed by atoms with Gasteiger partial charge in [-0.2, -0.15) is 9.97 Å². The molecule has 1 saturated heterocycles. The van der Waals surface area contributed by atoms with Crippen LogP contribution >= 0.6 is 19.3 Å². The molecule has 37 heavy (non-hydrogen) atoms. The molecule has 13 nitrogen and oxygen atoms in total. The topological polar surface area (TPSA) is 173 Å². The minimum Gasteiger partial charge on any atom is -0.476 e. The molecular weight excluding hydrogens is 527 g/mol. The van der Waals surface area contributed by atoms with E-state index in [0.29, 0.717) is 24.2 Å². The molecule has 0 radical (unpaired) electrons. The zero-order valence-corrected chi connectivity index (χ0v) is 23.5. The lowest BCUT2D eigenvalue weighted by Crippen LogP contribution is -2.38. The van der Waals surface area contributed by atoms with Gasteiger partial charge in [-0.05, 0) is 26.2 Å². The van der Waals surface area contributed by atoms with Gasteiger partial charge in [0.15, 0.2) is 17.4 Å². The Bertz CT molecular complexity index is 1140. The highest BCUT2D eigenvalue weighted by molar-refractivity contribution is 7.50. The molecule has 5 atom stereocenters. The molecule has 0 aromatic carbocycles. The monoisotopic (exact) mass is 562 g/mol. The molecular formula is C22H36ClN6O7P. The normalized spacial score (nSPS) is 24.5. The molecule has 5 unspecified atom stereocenters. The summed E-state index contributed by atoms with van der Waals surface area (Å²) in [5.74, 6) is -0.529. The molecule has 0 spiro atoms. The van der Waals surface area contributed by atoms with Gasteiger partial charge in [0.1, 0.15) is 6.61 Å². The van der Waals surface area contributed by atoms with Gasteiger partial charge in [-0.1, -0.05) is 27.7 Å². The van der Waals surface area contributed by atoms with Crippen molar-refractivity contribution in [3.63, 3.8) is 0 Å². The Morgan fingerprint density at radius 2 is 2.11 bits per heavy atom. The summed E-state index contributed by atoms with van der Waals surface area (Å²) in [4.78, 5) is 34.0. The maximum absolute atomic E-state index is 12.8. The van der Waals surface area contributed by atoms with Crippen molar-refractivity contribution in [2.75, 3.05) is 25.6 Å². The first-order valence-electron chi connectivity index (χ1n) is 12.1. The van der Waals surface area contributed by atoms with Crippen LogP contribution in [0.25, 0.3) is 11.2 Å². The van der Waals surface area contributed by atoms with Crippen LogP contribution in [0.5, 0.6) is 5.88 Å². The fourth-order valence-corrected chi connectivity index (χ4v) is 5.40. The van der Waals surface area contributed by atoms with Crippen molar-refractivity contribution >= 4 is 42.4 Å². The van der Waals surface area contributed by atoms with E-state index in [4.69, 9.17) is 36.1 Å². The number of nitrogens with zero attached hydrogens (tertiary/aromatic N) is 4. The smallest absolute Gasteiger partial charge is 0.403 e. The highest BCUT2D eigenvalue weighted by Gasteiger charge is 2.46. The number of carbonyl (C=O) groups excluding carboxylic acids is 1. The van der Waals surface area contributed by atoms with Gasteiger partial charge in [0.2, 0.25) is 11.8 Å². The molecule has 1 aliphatic rings. The molecule has 0 bridgehead atoms. The summed E-state index contributed by atoms with van der Waals surface area (Å²) in [6, 6.07) is -0.587. The molecule has 4 N–H and O–H groups in total. The Kier molecular flexibility index (Phi) is 9.41. The van der Waals surface area contributed by atoms with E-state index in [0.717, 1.165) is 0 Å². The molecule has 2 aromatic heterocycles. The Balaban J connectivity index is 1.68. The summed E-state index contributed by atoms with van der Waals surface area (Å²) in [5.41, 5.74) is 6.65. The number of rotatable bonds is 12. The third-order valence-corrected chi connectivity index (χ3v) is 7.35. The number of aromatic nitrogens is 4. The zero-order valence-electron chi connectivity index (χ0n) is 21.9. The third-order valence-electron chi connectivity index (χ3n) is 5.85. The van der Waals surface area contributed by atoms with E-state index in [2.05, 4.69) is 20.0 Å². The number of esters is 1. The highest BCUT2D eigenvalue weighted by Crippen LogP contribution is 2.46. The van der Waals surface area contributed by atoms with Gasteiger partial charge in [0.25, 0.3) is 0 Å². The van der Waals surface area contributed by atoms with Crippen molar-refractivity contribution in [2.45, 2.75) is 71.2 Å². The van der Waals surface area contributed by atoms with Crippen LogP contribution in [-0.2, 0) is 23.4 Å². The van der Waals surface area contributed by atoms with E-state index >= 15 is 0 Å². The maximum atomic E-state index is 12.8. The number of carbonyl (C=O) groups is 1. The minimum atomic E-state index is -4.26. The third kappa shape index (κ3) is 7.30. The van der Waals surface area contributed by atoms with Crippen LogP contribution in [0.3, 0.4) is 0 Å². The van der Waals surface area contributed by atoms with E-state index in [1.807, 2.05) is 20.8 Å². The number of imidazole rings is 1. The van der Waals surface area contributed by atoms with Gasteiger partial charge in [-0.3, -0.25) is 13.9 Å².